The topological polar surface area (TPSA) is 79.0 Å². The molecule has 1 unspecified atom stereocenters. The first kappa shape index (κ1) is 18.5. The monoisotopic (exact) mass is 397 g/mol. The molecule has 1 saturated carbocycles. The SMILES string of the molecule is O=C1CC2(CCN(C(=O)C3CCN(C(=O)C4CC4)C3)CC2)Oc2ccccc2N1. The molecule has 1 aromatic rings. The molecule has 4 aliphatic rings. The van der Waals surface area contributed by atoms with Crippen LogP contribution in [-0.4, -0.2) is 59.3 Å². The smallest absolute Gasteiger partial charge is 0.228 e. The molecule has 7 nitrogen and oxygen atoms in total. The van der Waals surface area contributed by atoms with Gasteiger partial charge >= 0.3 is 0 Å². The summed E-state index contributed by atoms with van der Waals surface area (Å²) in [4.78, 5) is 41.5. The van der Waals surface area contributed by atoms with E-state index in [0.717, 1.165) is 19.3 Å². The van der Waals surface area contributed by atoms with Gasteiger partial charge in [0.15, 0.2) is 0 Å². The maximum absolute atomic E-state index is 13.0. The van der Waals surface area contributed by atoms with Gasteiger partial charge in [0.2, 0.25) is 17.7 Å². The van der Waals surface area contributed by atoms with Crippen molar-refractivity contribution in [2.75, 3.05) is 31.5 Å². The standard InChI is InChI=1S/C22H27N3O4/c26-19-13-22(29-18-4-2-1-3-17(18)23-19)8-11-24(12-9-22)21(28)16-7-10-25(14-16)20(27)15-5-6-15/h1-4,15-16H,5-14H2,(H,23,26). The number of fused-ring (bicyclic) bond motifs is 1. The first-order chi connectivity index (χ1) is 14.0. The number of piperidine rings is 1. The van der Waals surface area contributed by atoms with Crippen molar-refractivity contribution < 1.29 is 19.1 Å². The van der Waals surface area contributed by atoms with Gasteiger partial charge in [-0.1, -0.05) is 12.1 Å². The molecule has 154 valence electrons. The fraction of sp³-hybridized carbons (Fsp3) is 0.591. The van der Waals surface area contributed by atoms with Crippen LogP contribution < -0.4 is 10.1 Å². The van der Waals surface area contributed by atoms with Gasteiger partial charge in [-0.2, -0.15) is 0 Å². The molecule has 1 aliphatic carbocycles. The molecule has 1 spiro atoms. The van der Waals surface area contributed by atoms with Gasteiger partial charge in [-0.25, -0.2) is 0 Å². The Morgan fingerprint density at radius 2 is 1.69 bits per heavy atom. The Labute approximate surface area is 170 Å². The van der Waals surface area contributed by atoms with Gasteiger partial charge < -0.3 is 19.9 Å². The minimum Gasteiger partial charge on any atom is -0.484 e. The average Bonchev–Trinajstić information content (AvgIpc) is 3.47. The Morgan fingerprint density at radius 1 is 0.966 bits per heavy atom. The fourth-order valence-electron chi connectivity index (χ4n) is 4.84. The highest BCUT2D eigenvalue weighted by Crippen LogP contribution is 2.39. The van der Waals surface area contributed by atoms with Crippen LogP contribution in [0.15, 0.2) is 24.3 Å². The summed E-state index contributed by atoms with van der Waals surface area (Å²) in [7, 11) is 0. The third-order valence-electron chi connectivity index (χ3n) is 6.73. The molecule has 1 aromatic carbocycles. The Hall–Kier alpha value is -2.57. The second-order valence-corrected chi connectivity index (χ2v) is 8.88. The van der Waals surface area contributed by atoms with Gasteiger partial charge in [-0.3, -0.25) is 14.4 Å². The number of hydrogen-bond acceptors (Lipinski definition) is 4. The van der Waals surface area contributed by atoms with E-state index in [1.165, 1.54) is 0 Å². The predicted octanol–water partition coefficient (Wildman–Crippen LogP) is 2.03. The third kappa shape index (κ3) is 3.58. The van der Waals surface area contributed by atoms with E-state index >= 15 is 0 Å². The summed E-state index contributed by atoms with van der Waals surface area (Å²) < 4.78 is 6.32. The molecule has 5 rings (SSSR count). The van der Waals surface area contributed by atoms with E-state index < -0.39 is 5.60 Å². The zero-order valence-corrected chi connectivity index (χ0v) is 16.6. The van der Waals surface area contributed by atoms with Crippen molar-refractivity contribution in [2.24, 2.45) is 11.8 Å². The fourth-order valence-corrected chi connectivity index (χ4v) is 4.84. The maximum atomic E-state index is 13.0. The first-order valence-corrected chi connectivity index (χ1v) is 10.7. The number of carbonyl (C=O) groups excluding carboxylic acids is 3. The molecule has 3 fully saturated rings. The molecular weight excluding hydrogens is 370 g/mol. The van der Waals surface area contributed by atoms with E-state index in [-0.39, 0.29) is 29.6 Å². The van der Waals surface area contributed by atoms with Crippen LogP contribution in [0, 0.1) is 11.8 Å². The van der Waals surface area contributed by atoms with Crippen molar-refractivity contribution in [1.29, 1.82) is 0 Å². The summed E-state index contributed by atoms with van der Waals surface area (Å²) in [6, 6.07) is 7.50. The summed E-state index contributed by atoms with van der Waals surface area (Å²) in [6.45, 7) is 2.42. The van der Waals surface area contributed by atoms with Crippen LogP contribution >= 0.6 is 0 Å². The molecule has 0 aromatic heterocycles. The zero-order valence-electron chi connectivity index (χ0n) is 16.6. The third-order valence-corrected chi connectivity index (χ3v) is 6.73. The van der Waals surface area contributed by atoms with Crippen LogP contribution in [0.5, 0.6) is 5.75 Å². The molecule has 7 heteroatoms. The number of amides is 3. The molecule has 1 N–H and O–H groups in total. The molecule has 1 atom stereocenters. The van der Waals surface area contributed by atoms with Gasteiger partial charge in [0.05, 0.1) is 18.0 Å². The molecule has 2 saturated heterocycles. The van der Waals surface area contributed by atoms with E-state index in [0.29, 0.717) is 56.9 Å². The number of rotatable bonds is 2. The van der Waals surface area contributed by atoms with Crippen LogP contribution in [0.1, 0.15) is 38.5 Å². The average molecular weight is 397 g/mol. The van der Waals surface area contributed by atoms with Crippen molar-refractivity contribution >= 4 is 23.4 Å². The lowest BCUT2D eigenvalue weighted by atomic mass is 9.87. The molecular formula is C22H27N3O4. The van der Waals surface area contributed by atoms with Crippen LogP contribution in [0.4, 0.5) is 5.69 Å². The van der Waals surface area contributed by atoms with Crippen molar-refractivity contribution in [3.05, 3.63) is 24.3 Å². The summed E-state index contributed by atoms with van der Waals surface area (Å²) in [6.07, 6.45) is 4.33. The second-order valence-electron chi connectivity index (χ2n) is 8.88. The van der Waals surface area contributed by atoms with Gasteiger partial charge in [0.1, 0.15) is 11.4 Å². The highest BCUT2D eigenvalue weighted by molar-refractivity contribution is 5.94. The Balaban J connectivity index is 1.22. The number of ether oxygens (including phenoxy) is 1. The first-order valence-electron chi connectivity index (χ1n) is 10.7. The number of nitrogens with zero attached hydrogens (tertiary/aromatic N) is 2. The summed E-state index contributed by atoms with van der Waals surface area (Å²) in [5.74, 6) is 1.15. The largest absolute Gasteiger partial charge is 0.484 e. The lowest BCUT2D eigenvalue weighted by molar-refractivity contribution is -0.139. The lowest BCUT2D eigenvalue weighted by Gasteiger charge is -2.41. The lowest BCUT2D eigenvalue weighted by Crippen LogP contribution is -2.52. The van der Waals surface area contributed by atoms with Crippen molar-refractivity contribution in [3.8, 4) is 5.75 Å². The Morgan fingerprint density at radius 3 is 2.45 bits per heavy atom. The minimum absolute atomic E-state index is 0.0419. The van der Waals surface area contributed by atoms with Gasteiger partial charge in [-0.05, 0) is 31.4 Å². The molecule has 0 radical (unpaired) electrons. The van der Waals surface area contributed by atoms with E-state index in [1.54, 1.807) is 0 Å². The number of anilines is 1. The van der Waals surface area contributed by atoms with E-state index in [9.17, 15) is 14.4 Å². The normalized spacial score (nSPS) is 25.8. The predicted molar refractivity (Wildman–Crippen MR) is 106 cm³/mol. The Bertz CT molecular complexity index is 842. The van der Waals surface area contributed by atoms with E-state index in [2.05, 4.69) is 5.32 Å². The van der Waals surface area contributed by atoms with Crippen molar-refractivity contribution in [2.45, 2.75) is 44.1 Å². The number of hydrogen-bond donors (Lipinski definition) is 1. The summed E-state index contributed by atoms with van der Waals surface area (Å²) in [5, 5.41) is 2.92. The van der Waals surface area contributed by atoms with E-state index in [4.69, 9.17) is 4.74 Å². The molecule has 3 heterocycles. The second kappa shape index (κ2) is 7.04. The van der Waals surface area contributed by atoms with Crippen molar-refractivity contribution in [1.82, 2.24) is 9.80 Å². The summed E-state index contributed by atoms with van der Waals surface area (Å²) in [5.41, 5.74) is 0.149. The minimum atomic E-state index is -0.558. The number of nitrogens with one attached hydrogen (secondary N) is 1. The van der Waals surface area contributed by atoms with E-state index in [1.807, 2.05) is 34.1 Å². The zero-order chi connectivity index (χ0) is 20.0. The van der Waals surface area contributed by atoms with Crippen LogP contribution in [-0.2, 0) is 14.4 Å². The molecule has 3 aliphatic heterocycles. The number of benzene rings is 1. The number of likely N-dealkylation sites (tertiary alicyclic amines) is 2. The van der Waals surface area contributed by atoms with Gasteiger partial charge in [-0.15, -0.1) is 0 Å². The van der Waals surface area contributed by atoms with Gasteiger partial charge in [0.25, 0.3) is 0 Å². The maximum Gasteiger partial charge on any atom is 0.228 e. The van der Waals surface area contributed by atoms with Crippen molar-refractivity contribution in [3.63, 3.8) is 0 Å². The summed E-state index contributed by atoms with van der Waals surface area (Å²) >= 11 is 0. The molecule has 0 bridgehead atoms. The van der Waals surface area contributed by atoms with Crippen LogP contribution in [0.25, 0.3) is 0 Å². The molecule has 3 amide bonds. The highest BCUT2D eigenvalue weighted by atomic mass is 16.5. The molecule has 29 heavy (non-hydrogen) atoms. The Kier molecular flexibility index (Phi) is 4.48. The van der Waals surface area contributed by atoms with Gasteiger partial charge in [0, 0.05) is 44.9 Å². The quantitative estimate of drug-likeness (QED) is 0.828. The highest BCUT2D eigenvalue weighted by Gasteiger charge is 2.44. The number of carbonyl (C=O) groups is 3. The number of para-hydroxylation sites is 2. The van der Waals surface area contributed by atoms with Crippen LogP contribution in [0.3, 0.4) is 0 Å². The van der Waals surface area contributed by atoms with Crippen LogP contribution in [0.2, 0.25) is 0 Å².